The first-order valence-electron chi connectivity index (χ1n) is 6.76. The van der Waals surface area contributed by atoms with E-state index < -0.39 is 0 Å². The van der Waals surface area contributed by atoms with Crippen LogP contribution in [0, 0.1) is 5.41 Å². The van der Waals surface area contributed by atoms with Gasteiger partial charge in [0.1, 0.15) is 5.75 Å². The van der Waals surface area contributed by atoms with Crippen LogP contribution in [0.4, 0.5) is 5.69 Å². The molecule has 0 saturated heterocycles. The number of amides is 1. The molecule has 0 bridgehead atoms. The molecule has 0 unspecified atom stereocenters. The molecule has 0 aliphatic heterocycles. The topological polar surface area (TPSA) is 50.4 Å². The van der Waals surface area contributed by atoms with Crippen LogP contribution in [-0.4, -0.2) is 26.1 Å². The minimum atomic E-state index is -0.00640. The highest BCUT2D eigenvalue weighted by molar-refractivity contribution is 5.92. The number of anilines is 1. The van der Waals surface area contributed by atoms with Gasteiger partial charge in [-0.05, 0) is 42.5 Å². The third kappa shape index (κ3) is 3.96. The fourth-order valence-electron chi connectivity index (χ4n) is 2.31. The second-order valence-corrected chi connectivity index (χ2v) is 5.54. The molecule has 0 aromatic heterocycles. The van der Waals surface area contributed by atoms with E-state index >= 15 is 0 Å². The van der Waals surface area contributed by atoms with Gasteiger partial charge in [-0.1, -0.05) is 13.3 Å². The molecule has 1 aliphatic carbocycles. The van der Waals surface area contributed by atoms with E-state index in [2.05, 4.69) is 17.6 Å². The summed E-state index contributed by atoms with van der Waals surface area (Å²) in [5.74, 6) is 0.780. The van der Waals surface area contributed by atoms with Crippen LogP contribution in [0.2, 0.25) is 0 Å². The summed E-state index contributed by atoms with van der Waals surface area (Å²) in [5, 5.41) is 6.09. The molecule has 4 nitrogen and oxygen atoms in total. The standard InChI is InChI=1S/C15H22N2O2/c1-15(8-3-9-15)11-16-10-14(18)17-12-4-6-13(19-2)7-5-12/h4-7,16H,3,8-11H2,1-2H3,(H,17,18). The fourth-order valence-corrected chi connectivity index (χ4v) is 2.31. The Kier molecular flexibility index (Phi) is 4.43. The lowest BCUT2D eigenvalue weighted by Gasteiger charge is -2.38. The SMILES string of the molecule is COc1ccc(NC(=O)CNCC2(C)CCC2)cc1. The molecule has 2 rings (SSSR count). The molecule has 0 radical (unpaired) electrons. The number of hydrogen-bond donors (Lipinski definition) is 2. The van der Waals surface area contributed by atoms with Crippen molar-refractivity contribution in [3.63, 3.8) is 0 Å². The van der Waals surface area contributed by atoms with Gasteiger partial charge in [-0.2, -0.15) is 0 Å². The fraction of sp³-hybridized carbons (Fsp3) is 0.533. The molecular formula is C15H22N2O2. The van der Waals surface area contributed by atoms with Crippen LogP contribution in [0.1, 0.15) is 26.2 Å². The largest absolute Gasteiger partial charge is 0.497 e. The molecule has 1 saturated carbocycles. The Morgan fingerprint density at radius 3 is 2.53 bits per heavy atom. The van der Waals surface area contributed by atoms with E-state index in [1.807, 2.05) is 24.3 Å². The van der Waals surface area contributed by atoms with E-state index in [9.17, 15) is 4.79 Å². The third-order valence-corrected chi connectivity index (χ3v) is 3.77. The van der Waals surface area contributed by atoms with Crippen LogP contribution in [0.15, 0.2) is 24.3 Å². The van der Waals surface area contributed by atoms with E-state index in [-0.39, 0.29) is 5.91 Å². The van der Waals surface area contributed by atoms with E-state index in [0.29, 0.717) is 12.0 Å². The van der Waals surface area contributed by atoms with E-state index in [4.69, 9.17) is 4.74 Å². The van der Waals surface area contributed by atoms with Crippen molar-refractivity contribution in [2.75, 3.05) is 25.5 Å². The summed E-state index contributed by atoms with van der Waals surface area (Å²) in [4.78, 5) is 11.8. The van der Waals surface area contributed by atoms with Crippen molar-refractivity contribution in [3.05, 3.63) is 24.3 Å². The average Bonchev–Trinajstić information content (AvgIpc) is 2.37. The molecule has 104 valence electrons. The zero-order chi connectivity index (χ0) is 13.7. The maximum absolute atomic E-state index is 11.8. The second-order valence-electron chi connectivity index (χ2n) is 5.54. The van der Waals surface area contributed by atoms with Gasteiger partial charge in [0.15, 0.2) is 0 Å². The Balaban J connectivity index is 1.71. The number of rotatable bonds is 6. The first-order chi connectivity index (χ1) is 9.11. The van der Waals surface area contributed by atoms with E-state index in [0.717, 1.165) is 18.0 Å². The molecule has 1 amide bonds. The van der Waals surface area contributed by atoms with Gasteiger partial charge in [-0.25, -0.2) is 0 Å². The molecule has 0 heterocycles. The highest BCUT2D eigenvalue weighted by atomic mass is 16.5. The van der Waals surface area contributed by atoms with Gasteiger partial charge in [0, 0.05) is 12.2 Å². The minimum Gasteiger partial charge on any atom is -0.497 e. The van der Waals surface area contributed by atoms with E-state index in [1.54, 1.807) is 7.11 Å². The van der Waals surface area contributed by atoms with Gasteiger partial charge in [-0.3, -0.25) is 4.79 Å². The summed E-state index contributed by atoms with van der Waals surface area (Å²) in [6.07, 6.45) is 3.84. The van der Waals surface area contributed by atoms with Crippen molar-refractivity contribution in [3.8, 4) is 5.75 Å². The number of benzene rings is 1. The molecule has 0 spiro atoms. The zero-order valence-electron chi connectivity index (χ0n) is 11.7. The third-order valence-electron chi connectivity index (χ3n) is 3.77. The van der Waals surface area contributed by atoms with Crippen molar-refractivity contribution in [2.45, 2.75) is 26.2 Å². The molecular weight excluding hydrogens is 240 g/mol. The molecule has 19 heavy (non-hydrogen) atoms. The van der Waals surface area contributed by atoms with Crippen LogP contribution in [0.3, 0.4) is 0 Å². The Labute approximate surface area is 114 Å². The Hall–Kier alpha value is -1.55. The lowest BCUT2D eigenvalue weighted by Crippen LogP contribution is -2.40. The summed E-state index contributed by atoms with van der Waals surface area (Å²) in [5.41, 5.74) is 1.20. The summed E-state index contributed by atoms with van der Waals surface area (Å²) in [6.45, 7) is 3.55. The summed E-state index contributed by atoms with van der Waals surface area (Å²) in [6, 6.07) is 7.34. The first kappa shape index (κ1) is 13.9. The predicted octanol–water partition coefficient (Wildman–Crippen LogP) is 2.41. The monoisotopic (exact) mass is 262 g/mol. The molecule has 2 N–H and O–H groups in total. The van der Waals surface area contributed by atoms with Gasteiger partial charge in [-0.15, -0.1) is 0 Å². The molecule has 1 aromatic rings. The van der Waals surface area contributed by atoms with Crippen molar-refractivity contribution < 1.29 is 9.53 Å². The lowest BCUT2D eigenvalue weighted by atomic mass is 9.70. The van der Waals surface area contributed by atoms with Crippen LogP contribution in [-0.2, 0) is 4.79 Å². The van der Waals surface area contributed by atoms with Gasteiger partial charge in [0.05, 0.1) is 13.7 Å². The summed E-state index contributed by atoms with van der Waals surface area (Å²) >= 11 is 0. The first-order valence-corrected chi connectivity index (χ1v) is 6.76. The van der Waals surface area contributed by atoms with Crippen LogP contribution >= 0.6 is 0 Å². The highest BCUT2D eigenvalue weighted by Gasteiger charge is 2.31. The molecule has 1 aliphatic rings. The predicted molar refractivity (Wildman–Crippen MR) is 76.5 cm³/mol. The molecule has 1 fully saturated rings. The number of carbonyl (C=O) groups is 1. The zero-order valence-corrected chi connectivity index (χ0v) is 11.7. The smallest absolute Gasteiger partial charge is 0.238 e. The maximum Gasteiger partial charge on any atom is 0.238 e. The quantitative estimate of drug-likeness (QED) is 0.827. The lowest BCUT2D eigenvalue weighted by molar-refractivity contribution is -0.115. The number of hydrogen-bond acceptors (Lipinski definition) is 3. The van der Waals surface area contributed by atoms with Crippen molar-refractivity contribution in [1.82, 2.24) is 5.32 Å². The van der Waals surface area contributed by atoms with Gasteiger partial charge < -0.3 is 15.4 Å². The number of methoxy groups -OCH3 is 1. The van der Waals surface area contributed by atoms with Crippen molar-refractivity contribution >= 4 is 11.6 Å². The van der Waals surface area contributed by atoms with Crippen LogP contribution in [0.25, 0.3) is 0 Å². The summed E-state index contributed by atoms with van der Waals surface area (Å²) in [7, 11) is 1.62. The van der Waals surface area contributed by atoms with Gasteiger partial charge in [0.2, 0.25) is 5.91 Å². The van der Waals surface area contributed by atoms with Gasteiger partial charge >= 0.3 is 0 Å². The normalized spacial score (nSPS) is 16.5. The Bertz CT molecular complexity index is 424. The average molecular weight is 262 g/mol. The minimum absolute atomic E-state index is 0.00640. The highest BCUT2D eigenvalue weighted by Crippen LogP contribution is 2.39. The van der Waals surface area contributed by atoms with Gasteiger partial charge in [0.25, 0.3) is 0 Å². The summed E-state index contributed by atoms with van der Waals surface area (Å²) < 4.78 is 5.07. The van der Waals surface area contributed by atoms with E-state index in [1.165, 1.54) is 19.3 Å². The Morgan fingerprint density at radius 1 is 1.32 bits per heavy atom. The van der Waals surface area contributed by atoms with Crippen LogP contribution < -0.4 is 15.4 Å². The second kappa shape index (κ2) is 6.06. The Morgan fingerprint density at radius 2 is 2.00 bits per heavy atom. The molecule has 4 heteroatoms. The van der Waals surface area contributed by atoms with Crippen LogP contribution in [0.5, 0.6) is 5.75 Å². The maximum atomic E-state index is 11.8. The van der Waals surface area contributed by atoms with Crippen molar-refractivity contribution in [2.24, 2.45) is 5.41 Å². The molecule has 0 atom stereocenters. The number of carbonyl (C=O) groups excluding carboxylic acids is 1. The van der Waals surface area contributed by atoms with Crippen molar-refractivity contribution in [1.29, 1.82) is 0 Å². The number of ether oxygens (including phenoxy) is 1. The number of nitrogens with one attached hydrogen (secondary N) is 2. The molecule has 1 aromatic carbocycles.